The van der Waals surface area contributed by atoms with Crippen LogP contribution in [-0.2, 0) is 12.0 Å². The van der Waals surface area contributed by atoms with Crippen LogP contribution in [0.1, 0.15) is 18.1 Å². The molecule has 106 valence electrons. The van der Waals surface area contributed by atoms with Crippen LogP contribution in [0.2, 0.25) is 0 Å². The Balaban J connectivity index is 1.99. The Labute approximate surface area is 124 Å². The summed E-state index contributed by atoms with van der Waals surface area (Å²) in [6, 6.07) is 21.0. The van der Waals surface area contributed by atoms with Gasteiger partial charge in [-0.1, -0.05) is 54.6 Å². The molecule has 2 N–H and O–H groups in total. The molecule has 0 amide bonds. The molecule has 0 aliphatic carbocycles. The molecule has 0 aromatic heterocycles. The molecule has 0 fully saturated rings. The van der Waals surface area contributed by atoms with Gasteiger partial charge in [-0.25, -0.2) is 4.39 Å². The first-order chi connectivity index (χ1) is 10.1. The van der Waals surface area contributed by atoms with E-state index in [1.165, 1.54) is 28.5 Å². The zero-order valence-corrected chi connectivity index (χ0v) is 12.0. The molecule has 0 spiro atoms. The van der Waals surface area contributed by atoms with E-state index in [2.05, 4.69) is 30.3 Å². The summed E-state index contributed by atoms with van der Waals surface area (Å²) in [4.78, 5) is 0. The summed E-state index contributed by atoms with van der Waals surface area (Å²) in [7, 11) is 0. The summed E-state index contributed by atoms with van der Waals surface area (Å²) in [5, 5.41) is 2.43. The third-order valence-corrected chi connectivity index (χ3v) is 3.94. The van der Waals surface area contributed by atoms with Gasteiger partial charge in [0.2, 0.25) is 0 Å². The third kappa shape index (κ3) is 2.81. The molecular weight excluding hydrogens is 261 g/mol. The fraction of sp³-hybridized carbons (Fsp3) is 0.158. The molecule has 1 unspecified atom stereocenters. The Kier molecular flexibility index (Phi) is 3.48. The quantitative estimate of drug-likeness (QED) is 0.755. The number of fused-ring (bicyclic) bond motifs is 1. The fourth-order valence-corrected chi connectivity index (χ4v) is 2.77. The Morgan fingerprint density at radius 3 is 2.33 bits per heavy atom. The van der Waals surface area contributed by atoms with Crippen LogP contribution in [0.3, 0.4) is 0 Å². The van der Waals surface area contributed by atoms with Gasteiger partial charge in [0.05, 0.1) is 0 Å². The van der Waals surface area contributed by atoms with Gasteiger partial charge in [-0.2, -0.15) is 0 Å². The molecule has 2 heteroatoms. The summed E-state index contributed by atoms with van der Waals surface area (Å²) < 4.78 is 13.1. The second kappa shape index (κ2) is 5.30. The molecular formula is C19H18FN. The number of nitrogens with two attached hydrogens (primary N) is 1. The number of benzene rings is 3. The average Bonchev–Trinajstić information content (AvgIpc) is 2.48. The summed E-state index contributed by atoms with van der Waals surface area (Å²) in [6.07, 6.45) is 0.708. The molecule has 1 nitrogen and oxygen atoms in total. The molecule has 0 saturated heterocycles. The largest absolute Gasteiger partial charge is 0.321 e. The van der Waals surface area contributed by atoms with Gasteiger partial charge in [0.15, 0.2) is 0 Å². The maximum Gasteiger partial charge on any atom is 0.123 e. The van der Waals surface area contributed by atoms with E-state index < -0.39 is 5.54 Å². The van der Waals surface area contributed by atoms with Crippen molar-refractivity contribution in [3.8, 4) is 0 Å². The first-order valence-corrected chi connectivity index (χ1v) is 7.08. The topological polar surface area (TPSA) is 26.0 Å². The zero-order valence-electron chi connectivity index (χ0n) is 12.0. The monoisotopic (exact) mass is 279 g/mol. The van der Waals surface area contributed by atoms with Gasteiger partial charge in [-0.3, -0.25) is 0 Å². The Morgan fingerprint density at radius 1 is 0.905 bits per heavy atom. The summed E-state index contributed by atoms with van der Waals surface area (Å²) in [5.74, 6) is -0.236. The minimum Gasteiger partial charge on any atom is -0.321 e. The van der Waals surface area contributed by atoms with Crippen LogP contribution in [0.15, 0.2) is 66.7 Å². The van der Waals surface area contributed by atoms with Gasteiger partial charge in [-0.05, 0) is 47.4 Å². The van der Waals surface area contributed by atoms with E-state index in [9.17, 15) is 4.39 Å². The van der Waals surface area contributed by atoms with Gasteiger partial charge in [0.1, 0.15) is 5.82 Å². The van der Waals surface area contributed by atoms with Gasteiger partial charge < -0.3 is 5.73 Å². The SMILES string of the molecule is CC(N)(Cc1cccc2ccccc12)c1ccc(F)cc1. The lowest BCUT2D eigenvalue weighted by molar-refractivity contribution is 0.491. The first kappa shape index (κ1) is 13.8. The van der Waals surface area contributed by atoms with E-state index in [1.807, 2.05) is 19.1 Å². The van der Waals surface area contributed by atoms with E-state index >= 15 is 0 Å². The molecule has 3 aromatic rings. The van der Waals surface area contributed by atoms with Crippen LogP contribution in [-0.4, -0.2) is 0 Å². The lowest BCUT2D eigenvalue weighted by Crippen LogP contribution is -2.35. The highest BCUT2D eigenvalue weighted by Crippen LogP contribution is 2.27. The minimum absolute atomic E-state index is 0.236. The highest BCUT2D eigenvalue weighted by atomic mass is 19.1. The second-order valence-corrected chi connectivity index (χ2v) is 5.74. The van der Waals surface area contributed by atoms with Crippen molar-refractivity contribution in [2.75, 3.05) is 0 Å². The molecule has 0 saturated carbocycles. The Hall–Kier alpha value is -2.19. The molecule has 0 aliphatic rings. The van der Waals surface area contributed by atoms with E-state index in [1.54, 1.807) is 12.1 Å². The number of rotatable bonds is 3. The fourth-order valence-electron chi connectivity index (χ4n) is 2.77. The second-order valence-electron chi connectivity index (χ2n) is 5.74. The molecule has 3 aromatic carbocycles. The van der Waals surface area contributed by atoms with Crippen LogP contribution in [0, 0.1) is 5.82 Å². The molecule has 0 bridgehead atoms. The van der Waals surface area contributed by atoms with Gasteiger partial charge >= 0.3 is 0 Å². The van der Waals surface area contributed by atoms with Crippen molar-refractivity contribution in [1.29, 1.82) is 0 Å². The molecule has 0 radical (unpaired) electrons. The number of hydrogen-bond donors (Lipinski definition) is 1. The first-order valence-electron chi connectivity index (χ1n) is 7.08. The predicted molar refractivity (Wildman–Crippen MR) is 85.6 cm³/mol. The lowest BCUT2D eigenvalue weighted by atomic mass is 9.85. The predicted octanol–water partition coefficient (Wildman–Crippen LogP) is 4.40. The van der Waals surface area contributed by atoms with Gasteiger partial charge in [0, 0.05) is 5.54 Å². The van der Waals surface area contributed by atoms with Crippen LogP contribution in [0.4, 0.5) is 4.39 Å². The number of hydrogen-bond acceptors (Lipinski definition) is 1. The summed E-state index contributed by atoms with van der Waals surface area (Å²) in [6.45, 7) is 1.99. The maximum atomic E-state index is 13.1. The summed E-state index contributed by atoms with van der Waals surface area (Å²) in [5.41, 5.74) is 8.11. The lowest BCUT2D eigenvalue weighted by Gasteiger charge is -2.26. The Morgan fingerprint density at radius 2 is 1.57 bits per heavy atom. The molecule has 0 aliphatic heterocycles. The van der Waals surface area contributed by atoms with Gasteiger partial charge in [-0.15, -0.1) is 0 Å². The smallest absolute Gasteiger partial charge is 0.123 e. The molecule has 0 heterocycles. The molecule has 1 atom stereocenters. The van der Waals surface area contributed by atoms with E-state index in [0.29, 0.717) is 6.42 Å². The minimum atomic E-state index is -0.530. The third-order valence-electron chi connectivity index (χ3n) is 3.94. The van der Waals surface area contributed by atoms with Crippen LogP contribution < -0.4 is 5.73 Å². The van der Waals surface area contributed by atoms with Crippen LogP contribution >= 0.6 is 0 Å². The summed E-state index contributed by atoms with van der Waals surface area (Å²) >= 11 is 0. The van der Waals surface area contributed by atoms with Crippen molar-refractivity contribution < 1.29 is 4.39 Å². The van der Waals surface area contributed by atoms with Crippen molar-refractivity contribution in [1.82, 2.24) is 0 Å². The van der Waals surface area contributed by atoms with E-state index in [0.717, 1.165) is 5.56 Å². The highest BCUT2D eigenvalue weighted by molar-refractivity contribution is 5.85. The standard InChI is InChI=1S/C19H18FN/c1-19(21,16-9-11-17(20)12-10-16)13-15-7-4-6-14-5-2-3-8-18(14)15/h2-12H,13,21H2,1H3. The Bertz CT molecular complexity index is 755. The van der Waals surface area contributed by atoms with Crippen LogP contribution in [0.25, 0.3) is 10.8 Å². The van der Waals surface area contributed by atoms with E-state index in [4.69, 9.17) is 5.73 Å². The van der Waals surface area contributed by atoms with Crippen molar-refractivity contribution in [2.24, 2.45) is 5.73 Å². The number of halogens is 1. The zero-order chi connectivity index (χ0) is 14.9. The van der Waals surface area contributed by atoms with E-state index in [-0.39, 0.29) is 5.82 Å². The average molecular weight is 279 g/mol. The molecule has 21 heavy (non-hydrogen) atoms. The van der Waals surface area contributed by atoms with Crippen molar-refractivity contribution in [3.05, 3.63) is 83.7 Å². The molecule has 3 rings (SSSR count). The van der Waals surface area contributed by atoms with Crippen molar-refractivity contribution in [2.45, 2.75) is 18.9 Å². The van der Waals surface area contributed by atoms with Gasteiger partial charge in [0.25, 0.3) is 0 Å². The van der Waals surface area contributed by atoms with Crippen LogP contribution in [0.5, 0.6) is 0 Å². The highest BCUT2D eigenvalue weighted by Gasteiger charge is 2.22. The normalized spacial score (nSPS) is 14.0. The maximum absolute atomic E-state index is 13.1. The van der Waals surface area contributed by atoms with Crippen molar-refractivity contribution >= 4 is 10.8 Å². The van der Waals surface area contributed by atoms with Crippen molar-refractivity contribution in [3.63, 3.8) is 0 Å².